The van der Waals surface area contributed by atoms with Gasteiger partial charge in [0.15, 0.2) is 0 Å². The maximum absolute atomic E-state index is 9.71. The van der Waals surface area contributed by atoms with E-state index in [1.54, 1.807) is 18.2 Å². The van der Waals surface area contributed by atoms with Gasteiger partial charge in [-0.2, -0.15) is 0 Å². The van der Waals surface area contributed by atoms with Crippen LogP contribution < -0.4 is 10.1 Å². The van der Waals surface area contributed by atoms with Crippen molar-refractivity contribution in [1.82, 2.24) is 10.3 Å². The number of likely N-dealkylation sites (N-methyl/N-ethyl adjacent to an activating group) is 1. The number of nitrogens with one attached hydrogen (secondary N) is 1. The third-order valence-corrected chi connectivity index (χ3v) is 4.63. The van der Waals surface area contributed by atoms with Crippen LogP contribution in [0.3, 0.4) is 0 Å². The molecule has 0 saturated heterocycles. The van der Waals surface area contributed by atoms with E-state index in [4.69, 9.17) is 4.74 Å². The van der Waals surface area contributed by atoms with Gasteiger partial charge < -0.3 is 20.3 Å². The molecule has 29 heavy (non-hydrogen) atoms. The zero-order valence-electron chi connectivity index (χ0n) is 16.7. The van der Waals surface area contributed by atoms with E-state index in [1.807, 2.05) is 49.5 Å². The monoisotopic (exact) mass is 390 g/mol. The molecule has 0 fully saturated rings. The summed E-state index contributed by atoms with van der Waals surface area (Å²) < 4.78 is 5.74. The highest BCUT2D eigenvalue weighted by Crippen LogP contribution is 2.35. The third-order valence-electron chi connectivity index (χ3n) is 4.63. The van der Waals surface area contributed by atoms with E-state index in [9.17, 15) is 10.2 Å². The number of pyridine rings is 1. The summed E-state index contributed by atoms with van der Waals surface area (Å²) in [5.74, 6) is 1.18. The van der Waals surface area contributed by atoms with Crippen LogP contribution >= 0.6 is 0 Å². The number of allylic oxidation sites excluding steroid dienone is 1. The fourth-order valence-electron chi connectivity index (χ4n) is 3.18. The average molecular weight is 390 g/mol. The summed E-state index contributed by atoms with van der Waals surface area (Å²) in [5, 5.41) is 22.4. The van der Waals surface area contributed by atoms with Crippen molar-refractivity contribution in [3.05, 3.63) is 83.7 Å². The molecule has 3 rings (SSSR count). The van der Waals surface area contributed by atoms with E-state index < -0.39 is 0 Å². The molecule has 0 aliphatic rings. The topological polar surface area (TPSA) is 74.6 Å². The number of hydrogen-bond acceptors (Lipinski definition) is 5. The summed E-state index contributed by atoms with van der Waals surface area (Å²) in [6.45, 7) is 3.47. The minimum Gasteiger partial charge on any atom is -0.508 e. The Morgan fingerprint density at radius 2 is 1.52 bits per heavy atom. The summed E-state index contributed by atoms with van der Waals surface area (Å²) in [7, 11) is 1.89. The number of rotatable bonds is 8. The van der Waals surface area contributed by atoms with Gasteiger partial charge in [-0.15, -0.1) is 0 Å². The normalized spacial score (nSPS) is 11.8. The molecule has 5 heteroatoms. The molecule has 3 N–H and O–H groups in total. The Labute approximate surface area is 171 Å². The maximum atomic E-state index is 9.71. The second-order valence-electron chi connectivity index (χ2n) is 6.63. The zero-order chi connectivity index (χ0) is 20.6. The summed E-state index contributed by atoms with van der Waals surface area (Å²) in [6.07, 6.45) is 2.21. The molecule has 0 unspecified atom stereocenters. The molecule has 0 aliphatic heterocycles. The Morgan fingerprint density at radius 3 is 2.07 bits per heavy atom. The number of aromatic hydroxyl groups is 2. The lowest BCUT2D eigenvalue weighted by Crippen LogP contribution is -2.15. The number of phenolic OH excluding ortho intramolecular Hbond substituents is 1. The van der Waals surface area contributed by atoms with Gasteiger partial charge in [0.25, 0.3) is 0 Å². The van der Waals surface area contributed by atoms with Crippen molar-refractivity contribution in [2.75, 3.05) is 20.2 Å². The average Bonchev–Trinajstić information content (AvgIpc) is 2.75. The number of aromatic nitrogens is 1. The van der Waals surface area contributed by atoms with E-state index in [2.05, 4.69) is 17.2 Å². The van der Waals surface area contributed by atoms with Crippen LogP contribution in [0.15, 0.2) is 66.9 Å². The lowest BCUT2D eigenvalue weighted by atomic mass is 9.90. The van der Waals surface area contributed by atoms with Gasteiger partial charge >= 0.3 is 0 Å². The molecule has 0 atom stereocenters. The fraction of sp³-hybridized carbons (Fsp3) is 0.208. The quantitative estimate of drug-likeness (QED) is 0.495. The minimum absolute atomic E-state index is 0.137. The number of phenols is 1. The van der Waals surface area contributed by atoms with Crippen molar-refractivity contribution < 1.29 is 14.9 Å². The molecule has 0 bridgehead atoms. The number of benzene rings is 2. The first-order chi connectivity index (χ1) is 14.1. The maximum Gasteiger partial charge on any atom is 0.133 e. The van der Waals surface area contributed by atoms with Crippen molar-refractivity contribution in [2.45, 2.75) is 13.3 Å². The number of ether oxygens (including phenoxy) is 1. The Balaban J connectivity index is 2.07. The third kappa shape index (κ3) is 5.15. The summed E-state index contributed by atoms with van der Waals surface area (Å²) in [6, 6.07) is 18.6. The molecule has 0 aliphatic carbocycles. The van der Waals surface area contributed by atoms with Crippen molar-refractivity contribution in [1.29, 1.82) is 0 Å². The van der Waals surface area contributed by atoms with E-state index in [0.29, 0.717) is 6.61 Å². The van der Waals surface area contributed by atoms with E-state index in [1.165, 1.54) is 6.20 Å². The molecule has 0 saturated carbocycles. The summed E-state index contributed by atoms with van der Waals surface area (Å²) in [5.41, 5.74) is 4.91. The van der Waals surface area contributed by atoms with E-state index >= 15 is 0 Å². The van der Waals surface area contributed by atoms with Crippen LogP contribution in [-0.2, 0) is 0 Å². The lowest BCUT2D eigenvalue weighted by molar-refractivity contribution is 0.318. The predicted octanol–water partition coefficient (Wildman–Crippen LogP) is 4.46. The summed E-state index contributed by atoms with van der Waals surface area (Å²) in [4.78, 5) is 4.42. The van der Waals surface area contributed by atoms with Gasteiger partial charge in [-0.1, -0.05) is 31.2 Å². The molecule has 0 radical (unpaired) electrons. The largest absolute Gasteiger partial charge is 0.508 e. The molecule has 3 aromatic rings. The second kappa shape index (κ2) is 9.75. The van der Waals surface area contributed by atoms with Crippen LogP contribution in [0.5, 0.6) is 17.2 Å². The highest BCUT2D eigenvalue weighted by Gasteiger charge is 2.14. The zero-order valence-corrected chi connectivity index (χ0v) is 16.7. The first kappa shape index (κ1) is 20.4. The molecule has 0 amide bonds. The summed E-state index contributed by atoms with van der Waals surface area (Å²) >= 11 is 0. The lowest BCUT2D eigenvalue weighted by Gasteiger charge is -2.16. The Kier molecular flexibility index (Phi) is 6.87. The molecule has 150 valence electrons. The Morgan fingerprint density at radius 1 is 0.897 bits per heavy atom. The molecule has 1 aromatic heterocycles. The molecular formula is C24H26N2O3. The van der Waals surface area contributed by atoms with Gasteiger partial charge in [0.2, 0.25) is 0 Å². The Bertz CT molecular complexity index is 947. The van der Waals surface area contributed by atoms with Crippen molar-refractivity contribution >= 4 is 11.1 Å². The second-order valence-corrected chi connectivity index (χ2v) is 6.63. The van der Waals surface area contributed by atoms with Crippen molar-refractivity contribution in [3.8, 4) is 17.2 Å². The van der Waals surface area contributed by atoms with Crippen LogP contribution in [-0.4, -0.2) is 35.4 Å². The first-order valence-electron chi connectivity index (χ1n) is 9.68. The smallest absolute Gasteiger partial charge is 0.133 e. The van der Waals surface area contributed by atoms with Gasteiger partial charge in [-0.3, -0.25) is 4.98 Å². The Hall–Kier alpha value is -3.31. The predicted molar refractivity (Wildman–Crippen MR) is 116 cm³/mol. The molecule has 2 aromatic carbocycles. The van der Waals surface area contributed by atoms with Gasteiger partial charge in [-0.25, -0.2) is 0 Å². The number of nitrogens with zero attached hydrogens (tertiary/aromatic N) is 1. The van der Waals surface area contributed by atoms with Crippen LogP contribution in [0, 0.1) is 0 Å². The molecule has 0 spiro atoms. The highest BCUT2D eigenvalue weighted by molar-refractivity contribution is 5.98. The molecule has 1 heterocycles. The first-order valence-corrected chi connectivity index (χ1v) is 9.68. The molecular weight excluding hydrogens is 364 g/mol. The fourth-order valence-corrected chi connectivity index (χ4v) is 3.18. The minimum atomic E-state index is 0.137. The van der Waals surface area contributed by atoms with Gasteiger partial charge in [0.05, 0.1) is 11.9 Å². The van der Waals surface area contributed by atoms with Crippen molar-refractivity contribution in [2.24, 2.45) is 0 Å². The van der Waals surface area contributed by atoms with Crippen LogP contribution in [0.4, 0.5) is 0 Å². The van der Waals surface area contributed by atoms with Crippen LogP contribution in [0.1, 0.15) is 30.2 Å². The standard InChI is InChI=1S/C24H26N2O3/c1-3-22(23-13-10-20(28)16-26-23)24(17-4-8-19(27)9-5-17)18-6-11-21(12-7-18)29-15-14-25-2/h4-13,16,25,27-28H,3,14-15H2,1-2H3/b24-22-. The van der Waals surface area contributed by atoms with Crippen molar-refractivity contribution in [3.63, 3.8) is 0 Å². The molecule has 5 nitrogen and oxygen atoms in total. The van der Waals surface area contributed by atoms with Gasteiger partial charge in [0, 0.05) is 6.54 Å². The van der Waals surface area contributed by atoms with Gasteiger partial charge in [-0.05, 0) is 72.1 Å². The van der Waals surface area contributed by atoms with Gasteiger partial charge in [0.1, 0.15) is 23.9 Å². The number of hydrogen-bond donors (Lipinski definition) is 3. The highest BCUT2D eigenvalue weighted by atomic mass is 16.5. The van der Waals surface area contributed by atoms with Crippen LogP contribution in [0.2, 0.25) is 0 Å². The van der Waals surface area contributed by atoms with Crippen LogP contribution in [0.25, 0.3) is 11.1 Å². The van der Waals surface area contributed by atoms with E-state index in [0.717, 1.165) is 46.7 Å². The van der Waals surface area contributed by atoms with E-state index in [-0.39, 0.29) is 11.5 Å². The SMILES string of the molecule is CC/C(=C(\c1ccc(O)cc1)c1ccc(OCCNC)cc1)c1ccc(O)cn1.